The summed E-state index contributed by atoms with van der Waals surface area (Å²) in [6.07, 6.45) is 2.39. The molecule has 0 unspecified atom stereocenters. The molecule has 0 spiro atoms. The van der Waals surface area contributed by atoms with Gasteiger partial charge in [0.15, 0.2) is 0 Å². The molecule has 1 aromatic carbocycles. The molecular weight excluding hydrogens is 264 g/mol. The number of nitrogens with one attached hydrogen (secondary N) is 2. The zero-order valence-electron chi connectivity index (χ0n) is 11.3. The molecule has 1 fully saturated rings. The summed E-state index contributed by atoms with van der Waals surface area (Å²) in [5.74, 6) is 0.369. The van der Waals surface area contributed by atoms with Gasteiger partial charge in [0, 0.05) is 19.1 Å². The molecule has 0 atom stereocenters. The van der Waals surface area contributed by atoms with Crippen LogP contribution in [0.1, 0.15) is 18.4 Å². The molecule has 0 saturated heterocycles. The summed E-state index contributed by atoms with van der Waals surface area (Å²) in [6.45, 7) is 2.89. The predicted molar refractivity (Wildman–Crippen MR) is 73.9 cm³/mol. The fourth-order valence-electron chi connectivity index (χ4n) is 1.82. The van der Waals surface area contributed by atoms with Crippen LogP contribution in [-0.4, -0.2) is 34.7 Å². The average molecular weight is 284 g/mol. The quantitative estimate of drug-likeness (QED) is 0.734. The summed E-state index contributed by atoms with van der Waals surface area (Å²) < 4.78 is 32.1. The first-order valence-electron chi connectivity index (χ1n) is 6.40. The number of aryl methyl sites for hydroxylation is 1. The Balaban J connectivity index is 2.02. The largest absolute Gasteiger partial charge is 0.495 e. The van der Waals surface area contributed by atoms with Gasteiger partial charge in [-0.3, -0.25) is 0 Å². The number of ether oxygens (including phenoxy) is 1. The monoisotopic (exact) mass is 284 g/mol. The van der Waals surface area contributed by atoms with Crippen LogP contribution < -0.4 is 14.8 Å². The number of methoxy groups -OCH3 is 1. The van der Waals surface area contributed by atoms with Gasteiger partial charge in [-0.1, -0.05) is 6.07 Å². The molecule has 19 heavy (non-hydrogen) atoms. The van der Waals surface area contributed by atoms with Crippen LogP contribution in [0.3, 0.4) is 0 Å². The molecule has 1 saturated carbocycles. The standard InChI is InChI=1S/C13H20N2O3S/c1-10-3-6-12(18-2)13(9-10)19(16,17)15-8-7-14-11-4-5-11/h3,6,9,11,14-15H,4-5,7-8H2,1-2H3. The van der Waals surface area contributed by atoms with Crippen molar-refractivity contribution in [3.63, 3.8) is 0 Å². The molecule has 6 heteroatoms. The fourth-order valence-corrected chi connectivity index (χ4v) is 3.10. The Labute approximate surface area is 114 Å². The van der Waals surface area contributed by atoms with E-state index in [4.69, 9.17) is 4.74 Å². The molecule has 1 aliphatic carbocycles. The van der Waals surface area contributed by atoms with Gasteiger partial charge >= 0.3 is 0 Å². The van der Waals surface area contributed by atoms with Crippen LogP contribution in [-0.2, 0) is 10.0 Å². The van der Waals surface area contributed by atoms with E-state index in [2.05, 4.69) is 10.0 Å². The molecule has 5 nitrogen and oxygen atoms in total. The van der Waals surface area contributed by atoms with Crippen molar-refractivity contribution >= 4 is 10.0 Å². The predicted octanol–water partition coefficient (Wildman–Crippen LogP) is 1.03. The van der Waals surface area contributed by atoms with Gasteiger partial charge in [-0.25, -0.2) is 13.1 Å². The van der Waals surface area contributed by atoms with Gasteiger partial charge in [0.25, 0.3) is 0 Å². The molecule has 0 aromatic heterocycles. The van der Waals surface area contributed by atoms with Crippen LogP contribution in [0.4, 0.5) is 0 Å². The summed E-state index contributed by atoms with van der Waals surface area (Å²) in [7, 11) is -2.05. The molecule has 0 bridgehead atoms. The van der Waals surface area contributed by atoms with Gasteiger partial charge in [0.1, 0.15) is 10.6 Å². The van der Waals surface area contributed by atoms with Gasteiger partial charge in [-0.15, -0.1) is 0 Å². The number of rotatable bonds is 7. The molecule has 2 rings (SSSR count). The van der Waals surface area contributed by atoms with Gasteiger partial charge < -0.3 is 10.1 Å². The smallest absolute Gasteiger partial charge is 0.244 e. The first kappa shape index (κ1) is 14.3. The first-order chi connectivity index (χ1) is 9.03. The van der Waals surface area contributed by atoms with Crippen molar-refractivity contribution in [1.82, 2.24) is 10.0 Å². The third-order valence-electron chi connectivity index (χ3n) is 3.04. The van der Waals surface area contributed by atoms with Crippen molar-refractivity contribution < 1.29 is 13.2 Å². The highest BCUT2D eigenvalue weighted by Crippen LogP contribution is 2.24. The molecule has 0 amide bonds. The zero-order chi connectivity index (χ0) is 13.9. The van der Waals surface area contributed by atoms with Gasteiger partial charge in [-0.2, -0.15) is 0 Å². The summed E-state index contributed by atoms with van der Waals surface area (Å²) in [5, 5.41) is 3.26. The first-order valence-corrected chi connectivity index (χ1v) is 7.89. The fraction of sp³-hybridized carbons (Fsp3) is 0.538. The normalized spacial score (nSPS) is 15.5. The van der Waals surface area contributed by atoms with E-state index in [1.165, 1.54) is 20.0 Å². The molecule has 0 heterocycles. The van der Waals surface area contributed by atoms with E-state index in [9.17, 15) is 8.42 Å². The SMILES string of the molecule is COc1ccc(C)cc1S(=O)(=O)NCCNC1CC1. The second-order valence-electron chi connectivity index (χ2n) is 4.78. The Bertz CT molecular complexity index is 539. The minimum atomic E-state index is -3.52. The number of hydrogen-bond donors (Lipinski definition) is 2. The number of benzene rings is 1. The van der Waals surface area contributed by atoms with Crippen molar-refractivity contribution in [1.29, 1.82) is 0 Å². The molecular formula is C13H20N2O3S. The van der Waals surface area contributed by atoms with Crippen LogP contribution >= 0.6 is 0 Å². The topological polar surface area (TPSA) is 67.4 Å². The van der Waals surface area contributed by atoms with E-state index in [0.29, 0.717) is 24.9 Å². The summed E-state index contributed by atoms with van der Waals surface area (Å²) >= 11 is 0. The Morgan fingerprint density at radius 1 is 1.32 bits per heavy atom. The highest BCUT2D eigenvalue weighted by atomic mass is 32.2. The lowest BCUT2D eigenvalue weighted by Crippen LogP contribution is -2.32. The van der Waals surface area contributed by atoms with Crippen molar-refractivity contribution in [2.24, 2.45) is 0 Å². The number of sulfonamides is 1. The summed E-state index contributed by atoms with van der Waals surface area (Å²) in [4.78, 5) is 0.196. The van der Waals surface area contributed by atoms with Crippen molar-refractivity contribution in [2.75, 3.05) is 20.2 Å². The maximum absolute atomic E-state index is 12.2. The minimum Gasteiger partial charge on any atom is -0.495 e. The van der Waals surface area contributed by atoms with E-state index in [-0.39, 0.29) is 4.90 Å². The lowest BCUT2D eigenvalue weighted by Gasteiger charge is -2.11. The molecule has 1 aromatic rings. The van der Waals surface area contributed by atoms with Gasteiger partial charge in [0.2, 0.25) is 10.0 Å². The van der Waals surface area contributed by atoms with Crippen LogP contribution in [0.5, 0.6) is 5.75 Å². The van der Waals surface area contributed by atoms with E-state index < -0.39 is 10.0 Å². The van der Waals surface area contributed by atoms with E-state index in [0.717, 1.165) is 5.56 Å². The lowest BCUT2D eigenvalue weighted by atomic mass is 10.2. The minimum absolute atomic E-state index is 0.196. The van der Waals surface area contributed by atoms with Crippen molar-refractivity contribution in [2.45, 2.75) is 30.7 Å². The molecule has 0 radical (unpaired) electrons. The van der Waals surface area contributed by atoms with Crippen molar-refractivity contribution in [3.05, 3.63) is 23.8 Å². The molecule has 1 aliphatic rings. The number of hydrogen-bond acceptors (Lipinski definition) is 4. The Hall–Kier alpha value is -1.11. The average Bonchev–Trinajstić information content (AvgIpc) is 3.19. The van der Waals surface area contributed by atoms with E-state index >= 15 is 0 Å². The van der Waals surface area contributed by atoms with Crippen LogP contribution in [0.2, 0.25) is 0 Å². The maximum Gasteiger partial charge on any atom is 0.244 e. The zero-order valence-corrected chi connectivity index (χ0v) is 12.1. The second-order valence-corrected chi connectivity index (χ2v) is 6.52. The molecule has 2 N–H and O–H groups in total. The van der Waals surface area contributed by atoms with Gasteiger partial charge in [0.05, 0.1) is 7.11 Å². The Kier molecular flexibility index (Phi) is 4.44. The maximum atomic E-state index is 12.2. The third-order valence-corrected chi connectivity index (χ3v) is 4.52. The third kappa shape index (κ3) is 3.92. The van der Waals surface area contributed by atoms with Crippen LogP contribution in [0.15, 0.2) is 23.1 Å². The Morgan fingerprint density at radius 2 is 2.05 bits per heavy atom. The summed E-state index contributed by atoms with van der Waals surface area (Å²) in [5.41, 5.74) is 0.886. The van der Waals surface area contributed by atoms with Crippen LogP contribution in [0, 0.1) is 6.92 Å². The second kappa shape index (κ2) is 5.90. The van der Waals surface area contributed by atoms with Crippen molar-refractivity contribution in [3.8, 4) is 5.75 Å². The highest BCUT2D eigenvalue weighted by Gasteiger charge is 2.21. The Morgan fingerprint density at radius 3 is 2.68 bits per heavy atom. The summed E-state index contributed by atoms with van der Waals surface area (Å²) in [6, 6.07) is 5.70. The van der Waals surface area contributed by atoms with E-state index in [1.54, 1.807) is 12.1 Å². The van der Waals surface area contributed by atoms with Crippen LogP contribution in [0.25, 0.3) is 0 Å². The highest BCUT2D eigenvalue weighted by molar-refractivity contribution is 7.89. The molecule has 0 aliphatic heterocycles. The van der Waals surface area contributed by atoms with E-state index in [1.807, 2.05) is 13.0 Å². The van der Waals surface area contributed by atoms with Gasteiger partial charge in [-0.05, 0) is 37.5 Å². The lowest BCUT2D eigenvalue weighted by molar-refractivity contribution is 0.402. The molecule has 106 valence electrons.